The first-order valence-electron chi connectivity index (χ1n) is 6.95. The first kappa shape index (κ1) is 22.2. The van der Waals surface area contributed by atoms with Crippen molar-refractivity contribution in [1.29, 1.82) is 0 Å². The maximum atomic E-state index is 10.9. The second kappa shape index (κ2) is 9.16. The molecule has 1 heterocycles. The fourth-order valence-corrected chi connectivity index (χ4v) is 8.57. The molecule has 0 amide bonds. The third kappa shape index (κ3) is 5.83. The number of hydrogen-bond donors (Lipinski definition) is 8. The number of aliphatic hydroxyl groups is 7. The standard InChI is InChI=1S/C11H22O11SSe/c12-1-5(14)10(18)11(22-23(19,20)21)7(16)4-24-3-6(15)9(17)8(24)2-13/h5-18H,1-4H2/p+1/t5-,6+,7+,8+,9-,10+,11+,24?/m0/s1. The van der Waals surface area contributed by atoms with Crippen molar-refractivity contribution in [3.8, 4) is 0 Å². The third-order valence-electron chi connectivity index (χ3n) is 3.68. The van der Waals surface area contributed by atoms with E-state index in [0.29, 0.717) is 0 Å². The van der Waals surface area contributed by atoms with Gasteiger partial charge in [-0.2, -0.15) is 0 Å². The minimum absolute atomic E-state index is 0.126. The van der Waals surface area contributed by atoms with Crippen molar-refractivity contribution in [2.45, 2.75) is 52.1 Å². The van der Waals surface area contributed by atoms with Crippen molar-refractivity contribution in [2.75, 3.05) is 13.2 Å². The van der Waals surface area contributed by atoms with Crippen LogP contribution in [-0.4, -0.2) is 112 Å². The van der Waals surface area contributed by atoms with Gasteiger partial charge in [0.25, 0.3) is 0 Å². The van der Waals surface area contributed by atoms with E-state index in [1.807, 2.05) is 0 Å². The molecule has 1 aliphatic heterocycles. The van der Waals surface area contributed by atoms with Crippen LogP contribution in [0.15, 0.2) is 0 Å². The van der Waals surface area contributed by atoms with Crippen LogP contribution >= 0.6 is 0 Å². The summed E-state index contributed by atoms with van der Waals surface area (Å²) in [7, 11) is -5.08. The molecule has 13 heteroatoms. The van der Waals surface area contributed by atoms with Crippen LogP contribution < -0.4 is 0 Å². The Labute approximate surface area is 143 Å². The van der Waals surface area contributed by atoms with Crippen LogP contribution in [-0.2, 0) is 14.6 Å². The zero-order valence-electron chi connectivity index (χ0n) is 12.5. The van der Waals surface area contributed by atoms with E-state index in [1.54, 1.807) is 0 Å². The fraction of sp³-hybridized carbons (Fsp3) is 1.00. The molecule has 0 bridgehead atoms. The first-order chi connectivity index (χ1) is 11.0. The Morgan fingerprint density at radius 1 is 1.12 bits per heavy atom. The number of rotatable bonds is 9. The third-order valence-corrected chi connectivity index (χ3v) is 10.1. The van der Waals surface area contributed by atoms with Crippen molar-refractivity contribution in [3.05, 3.63) is 0 Å². The van der Waals surface area contributed by atoms with Gasteiger partial charge < -0.3 is 0 Å². The van der Waals surface area contributed by atoms with Gasteiger partial charge in [0.05, 0.1) is 0 Å². The van der Waals surface area contributed by atoms with Crippen LogP contribution in [0.3, 0.4) is 0 Å². The molecule has 0 radical (unpaired) electrons. The summed E-state index contributed by atoms with van der Waals surface area (Å²) in [5.41, 5.74) is 0. The second-order valence-corrected chi connectivity index (χ2v) is 11.4. The summed E-state index contributed by atoms with van der Waals surface area (Å²) in [5.74, 6) is 0. The second-order valence-electron chi connectivity index (χ2n) is 5.45. The van der Waals surface area contributed by atoms with Crippen LogP contribution in [0.1, 0.15) is 0 Å². The van der Waals surface area contributed by atoms with Crippen LogP contribution in [0, 0.1) is 0 Å². The Kier molecular flexibility index (Phi) is 8.46. The molecule has 1 fully saturated rings. The predicted octanol–water partition coefficient (Wildman–Crippen LogP) is -4.16. The van der Waals surface area contributed by atoms with Crippen LogP contribution in [0.4, 0.5) is 0 Å². The summed E-state index contributed by atoms with van der Waals surface area (Å²) >= 11 is -2.03. The fourth-order valence-electron chi connectivity index (χ4n) is 2.42. The van der Waals surface area contributed by atoms with Crippen LogP contribution in [0.2, 0.25) is 15.5 Å². The van der Waals surface area contributed by atoms with Gasteiger partial charge in [-0.3, -0.25) is 0 Å². The Morgan fingerprint density at radius 3 is 2.17 bits per heavy atom. The van der Waals surface area contributed by atoms with E-state index in [0.717, 1.165) is 0 Å². The minimum atomic E-state index is -5.08. The Balaban J connectivity index is 2.89. The Hall–Kier alpha value is 0.109. The van der Waals surface area contributed by atoms with E-state index in [-0.39, 0.29) is 10.6 Å². The van der Waals surface area contributed by atoms with Crippen molar-refractivity contribution in [3.63, 3.8) is 0 Å². The van der Waals surface area contributed by atoms with Crippen molar-refractivity contribution < 1.29 is 52.9 Å². The van der Waals surface area contributed by atoms with Crippen LogP contribution in [0.5, 0.6) is 0 Å². The Morgan fingerprint density at radius 2 is 1.71 bits per heavy atom. The molecule has 11 nitrogen and oxygen atoms in total. The van der Waals surface area contributed by atoms with Gasteiger partial charge in [0.2, 0.25) is 0 Å². The van der Waals surface area contributed by atoms with E-state index in [1.165, 1.54) is 0 Å². The van der Waals surface area contributed by atoms with Gasteiger partial charge >= 0.3 is 142 Å². The van der Waals surface area contributed by atoms with E-state index >= 15 is 0 Å². The maximum absolute atomic E-state index is 10.9. The molecule has 0 saturated carbocycles. The zero-order chi connectivity index (χ0) is 18.7. The summed E-state index contributed by atoms with van der Waals surface area (Å²) in [5, 5.41) is 66.8. The molecule has 0 aromatic heterocycles. The Bertz CT molecular complexity index is 488. The average molecular weight is 442 g/mol. The monoisotopic (exact) mass is 443 g/mol. The molecule has 24 heavy (non-hydrogen) atoms. The van der Waals surface area contributed by atoms with Gasteiger partial charge in [-0.05, 0) is 0 Å². The molecule has 1 saturated heterocycles. The quantitative estimate of drug-likeness (QED) is 0.127. The zero-order valence-corrected chi connectivity index (χ0v) is 15.0. The summed E-state index contributed by atoms with van der Waals surface area (Å²) in [6.45, 7) is -1.39. The van der Waals surface area contributed by atoms with E-state index in [4.69, 9.17) is 9.66 Å². The molecule has 0 aromatic rings. The number of aliphatic hydroxyl groups excluding tert-OH is 7. The van der Waals surface area contributed by atoms with Gasteiger partial charge in [0, 0.05) is 0 Å². The van der Waals surface area contributed by atoms with Crippen LogP contribution in [0.25, 0.3) is 0 Å². The van der Waals surface area contributed by atoms with E-state index in [9.17, 15) is 39.1 Å². The van der Waals surface area contributed by atoms with Gasteiger partial charge in [-0.25, -0.2) is 0 Å². The van der Waals surface area contributed by atoms with Gasteiger partial charge in [0.15, 0.2) is 0 Å². The molecule has 1 aliphatic rings. The molecular weight excluding hydrogens is 419 g/mol. The van der Waals surface area contributed by atoms with E-state index in [2.05, 4.69) is 4.18 Å². The molecule has 0 aromatic carbocycles. The van der Waals surface area contributed by atoms with Gasteiger partial charge in [-0.1, -0.05) is 0 Å². The molecule has 8 atom stereocenters. The number of hydrogen-bond acceptors (Lipinski definition) is 10. The summed E-state index contributed by atoms with van der Waals surface area (Å²) in [4.78, 5) is -0.666. The molecule has 0 aliphatic carbocycles. The molecule has 144 valence electrons. The van der Waals surface area contributed by atoms with Crippen molar-refractivity contribution in [1.82, 2.24) is 0 Å². The predicted molar refractivity (Wildman–Crippen MR) is 79.7 cm³/mol. The molecule has 1 rings (SSSR count). The first-order valence-corrected chi connectivity index (χ1v) is 11.7. The van der Waals surface area contributed by atoms with Gasteiger partial charge in [0.1, 0.15) is 0 Å². The molecule has 0 spiro atoms. The normalized spacial score (nSPS) is 33.2. The molecule has 8 N–H and O–H groups in total. The van der Waals surface area contributed by atoms with Crippen molar-refractivity contribution in [2.24, 2.45) is 0 Å². The van der Waals surface area contributed by atoms with Gasteiger partial charge in [-0.15, -0.1) is 0 Å². The molecular formula is C11H23O11SSe+. The molecule has 1 unspecified atom stereocenters. The summed E-state index contributed by atoms with van der Waals surface area (Å²) < 4.78 is 34.7. The van der Waals surface area contributed by atoms with Crippen molar-refractivity contribution >= 4 is 24.3 Å². The summed E-state index contributed by atoms with van der Waals surface area (Å²) in [6.07, 6.45) is -9.80. The van der Waals surface area contributed by atoms with E-state index < -0.39 is 79.0 Å². The summed E-state index contributed by atoms with van der Waals surface area (Å²) in [6, 6.07) is 0. The average Bonchev–Trinajstić information content (AvgIpc) is 2.76. The SMILES string of the molecule is O=S(=O)(O)O[C@@H]([C@H](O)[C@@H](O)CO)[C@H](O)C[Se+]1C[C@@H](O)[C@H](O)[C@H]1CO. The topological polar surface area (TPSA) is 205 Å².